The lowest BCUT2D eigenvalue weighted by molar-refractivity contribution is 0.366. The van der Waals surface area contributed by atoms with Crippen LogP contribution in [0.2, 0.25) is 0 Å². The Labute approximate surface area is 167 Å². The highest BCUT2D eigenvalue weighted by atomic mass is 79.9. The Kier molecular flexibility index (Phi) is 6.49. The Morgan fingerprint density at radius 3 is 2.70 bits per heavy atom. The Hall–Kier alpha value is -2.36. The van der Waals surface area contributed by atoms with Crippen molar-refractivity contribution in [1.29, 1.82) is 0 Å². The summed E-state index contributed by atoms with van der Waals surface area (Å²) in [5, 5.41) is 7.58. The first-order valence-electron chi connectivity index (χ1n) is 8.93. The molecule has 0 unspecified atom stereocenters. The van der Waals surface area contributed by atoms with Gasteiger partial charge in [-0.25, -0.2) is 9.98 Å². The van der Waals surface area contributed by atoms with Crippen LogP contribution < -0.4 is 15.0 Å². The molecule has 146 valence electrons. The summed E-state index contributed by atoms with van der Waals surface area (Å²) < 4.78 is 7.82. The summed E-state index contributed by atoms with van der Waals surface area (Å²) in [4.78, 5) is 18.1. The third-order valence-corrected chi connectivity index (χ3v) is 4.80. The Morgan fingerprint density at radius 1 is 1.30 bits per heavy atom. The summed E-state index contributed by atoms with van der Waals surface area (Å²) in [7, 11) is 3.52. The van der Waals surface area contributed by atoms with Crippen LogP contribution in [0.15, 0.2) is 28.1 Å². The minimum absolute atomic E-state index is 0.550. The van der Waals surface area contributed by atoms with E-state index in [1.165, 1.54) is 0 Å². The van der Waals surface area contributed by atoms with Crippen LogP contribution in [0.1, 0.15) is 12.5 Å². The van der Waals surface area contributed by atoms with Gasteiger partial charge in [-0.15, -0.1) is 0 Å². The lowest BCUT2D eigenvalue weighted by Gasteiger charge is -2.36. The van der Waals surface area contributed by atoms with Crippen molar-refractivity contribution >= 4 is 27.8 Å². The molecule has 0 aromatic carbocycles. The quantitative estimate of drug-likeness (QED) is 0.557. The predicted octanol–water partition coefficient (Wildman–Crippen LogP) is 1.27. The van der Waals surface area contributed by atoms with E-state index in [1.54, 1.807) is 18.0 Å². The van der Waals surface area contributed by atoms with Crippen molar-refractivity contribution in [2.75, 3.05) is 44.7 Å². The highest BCUT2D eigenvalue weighted by molar-refractivity contribution is 9.10. The van der Waals surface area contributed by atoms with Gasteiger partial charge in [0.15, 0.2) is 5.96 Å². The first kappa shape index (κ1) is 19.4. The second kappa shape index (κ2) is 9.03. The van der Waals surface area contributed by atoms with E-state index in [0.717, 1.165) is 48.7 Å². The van der Waals surface area contributed by atoms with Crippen molar-refractivity contribution in [3.63, 3.8) is 0 Å². The molecule has 1 N–H and O–H groups in total. The number of aliphatic imine (C=N–C) groups is 1. The fourth-order valence-electron chi connectivity index (χ4n) is 2.90. The van der Waals surface area contributed by atoms with Crippen LogP contribution in [0.4, 0.5) is 5.95 Å². The number of aryl methyl sites for hydroxylation is 1. The van der Waals surface area contributed by atoms with E-state index in [-0.39, 0.29) is 0 Å². The molecule has 27 heavy (non-hydrogen) atoms. The zero-order chi connectivity index (χ0) is 19.2. The van der Waals surface area contributed by atoms with Gasteiger partial charge in [0.05, 0.1) is 30.5 Å². The van der Waals surface area contributed by atoms with Crippen molar-refractivity contribution in [2.45, 2.75) is 13.5 Å². The van der Waals surface area contributed by atoms with Gasteiger partial charge in [0.2, 0.25) is 11.8 Å². The maximum atomic E-state index is 5.27. The molecule has 9 nitrogen and oxygen atoms in total. The van der Waals surface area contributed by atoms with Gasteiger partial charge < -0.3 is 19.9 Å². The van der Waals surface area contributed by atoms with Crippen molar-refractivity contribution in [2.24, 2.45) is 12.0 Å². The SMILES string of the molecule is CCNC(=NCc1cnn(C)c1)N1CCN(c2ncc(Br)c(OC)n2)CC1. The van der Waals surface area contributed by atoms with Gasteiger partial charge in [0, 0.05) is 51.5 Å². The van der Waals surface area contributed by atoms with E-state index in [0.29, 0.717) is 18.4 Å². The number of hydrogen-bond donors (Lipinski definition) is 1. The Morgan fingerprint density at radius 2 is 2.07 bits per heavy atom. The van der Waals surface area contributed by atoms with Gasteiger partial charge in [0.25, 0.3) is 0 Å². The monoisotopic (exact) mass is 436 g/mol. The standard InChI is InChI=1S/C17H25BrN8O/c1-4-19-16(20-9-13-10-22-24(2)12-13)25-5-7-26(8-6-25)17-21-11-14(18)15(23-17)27-3/h10-12H,4-9H2,1-3H3,(H,19,20). The van der Waals surface area contributed by atoms with Crippen LogP contribution in [0, 0.1) is 0 Å². The molecule has 0 saturated carbocycles. The molecule has 0 spiro atoms. The first-order chi connectivity index (χ1) is 13.1. The van der Waals surface area contributed by atoms with Crippen LogP contribution in [-0.2, 0) is 13.6 Å². The van der Waals surface area contributed by atoms with Crippen LogP contribution in [-0.4, -0.2) is 70.4 Å². The van der Waals surface area contributed by atoms with Crippen molar-refractivity contribution in [1.82, 2.24) is 30.0 Å². The fraction of sp³-hybridized carbons (Fsp3) is 0.529. The van der Waals surface area contributed by atoms with Crippen molar-refractivity contribution in [3.8, 4) is 5.88 Å². The molecular formula is C17H25BrN8O. The van der Waals surface area contributed by atoms with E-state index in [1.807, 2.05) is 19.4 Å². The first-order valence-corrected chi connectivity index (χ1v) is 9.72. The smallest absolute Gasteiger partial charge is 0.232 e. The lowest BCUT2D eigenvalue weighted by Crippen LogP contribution is -2.53. The Balaban J connectivity index is 1.63. The zero-order valence-corrected chi connectivity index (χ0v) is 17.5. The van der Waals surface area contributed by atoms with Crippen molar-refractivity contribution < 1.29 is 4.74 Å². The molecule has 2 aromatic rings. The van der Waals surface area contributed by atoms with Crippen LogP contribution in [0.5, 0.6) is 5.88 Å². The molecule has 0 aliphatic carbocycles. The molecule has 0 bridgehead atoms. The molecule has 2 aromatic heterocycles. The molecule has 10 heteroatoms. The number of piperazine rings is 1. The fourth-order valence-corrected chi connectivity index (χ4v) is 3.25. The minimum atomic E-state index is 0.550. The molecule has 0 amide bonds. The van der Waals surface area contributed by atoms with Crippen molar-refractivity contribution in [3.05, 3.63) is 28.6 Å². The minimum Gasteiger partial charge on any atom is -0.480 e. The third-order valence-electron chi connectivity index (χ3n) is 4.26. The van der Waals surface area contributed by atoms with Crippen LogP contribution in [0.3, 0.4) is 0 Å². The van der Waals surface area contributed by atoms with E-state index < -0.39 is 0 Å². The highest BCUT2D eigenvalue weighted by Gasteiger charge is 2.22. The van der Waals surface area contributed by atoms with Gasteiger partial charge in [-0.2, -0.15) is 10.1 Å². The summed E-state index contributed by atoms with van der Waals surface area (Å²) in [6.07, 6.45) is 5.57. The Bertz CT molecular complexity index is 785. The second-order valence-electron chi connectivity index (χ2n) is 6.19. The number of anilines is 1. The number of guanidine groups is 1. The summed E-state index contributed by atoms with van der Waals surface area (Å²) in [5.41, 5.74) is 1.10. The highest BCUT2D eigenvalue weighted by Crippen LogP contribution is 2.23. The molecule has 0 atom stereocenters. The molecule has 0 radical (unpaired) electrons. The molecular weight excluding hydrogens is 412 g/mol. The number of aromatic nitrogens is 4. The van der Waals surface area contributed by atoms with Gasteiger partial charge >= 0.3 is 0 Å². The number of halogens is 1. The topological polar surface area (TPSA) is 83.7 Å². The number of nitrogens with zero attached hydrogens (tertiary/aromatic N) is 7. The average molecular weight is 437 g/mol. The summed E-state index contributed by atoms with van der Waals surface area (Å²) in [6, 6.07) is 0. The van der Waals surface area contributed by atoms with Gasteiger partial charge in [-0.1, -0.05) is 0 Å². The number of nitrogens with one attached hydrogen (secondary N) is 1. The molecule has 1 aliphatic heterocycles. The summed E-state index contributed by atoms with van der Waals surface area (Å²) in [5.74, 6) is 2.16. The molecule has 1 fully saturated rings. The number of ether oxygens (including phenoxy) is 1. The lowest BCUT2D eigenvalue weighted by atomic mass is 10.3. The van der Waals surface area contributed by atoms with E-state index >= 15 is 0 Å². The van der Waals surface area contributed by atoms with Crippen LogP contribution in [0.25, 0.3) is 0 Å². The zero-order valence-electron chi connectivity index (χ0n) is 15.9. The van der Waals surface area contributed by atoms with Gasteiger partial charge in [-0.3, -0.25) is 4.68 Å². The van der Waals surface area contributed by atoms with Gasteiger partial charge in [0.1, 0.15) is 0 Å². The average Bonchev–Trinajstić information content (AvgIpc) is 3.11. The maximum absolute atomic E-state index is 5.27. The van der Waals surface area contributed by atoms with E-state index in [4.69, 9.17) is 9.73 Å². The predicted molar refractivity (Wildman–Crippen MR) is 108 cm³/mol. The molecule has 1 aliphatic rings. The summed E-state index contributed by atoms with van der Waals surface area (Å²) in [6.45, 7) is 6.87. The van der Waals surface area contributed by atoms with Gasteiger partial charge in [-0.05, 0) is 22.9 Å². The summed E-state index contributed by atoms with van der Waals surface area (Å²) >= 11 is 3.39. The van der Waals surface area contributed by atoms with E-state index in [9.17, 15) is 0 Å². The normalized spacial score (nSPS) is 15.2. The third kappa shape index (κ3) is 4.88. The molecule has 3 rings (SSSR count). The molecule has 1 saturated heterocycles. The maximum Gasteiger partial charge on any atom is 0.232 e. The number of hydrogen-bond acceptors (Lipinski definition) is 6. The second-order valence-corrected chi connectivity index (χ2v) is 7.05. The largest absolute Gasteiger partial charge is 0.480 e. The number of methoxy groups -OCH3 is 1. The van der Waals surface area contributed by atoms with E-state index in [2.05, 4.69) is 53.0 Å². The molecule has 3 heterocycles. The van der Waals surface area contributed by atoms with Crippen LogP contribution >= 0.6 is 15.9 Å². The number of rotatable bonds is 5.